The van der Waals surface area contributed by atoms with Crippen molar-refractivity contribution in [1.29, 1.82) is 5.26 Å². The van der Waals surface area contributed by atoms with Crippen LogP contribution in [0.1, 0.15) is 23.0 Å². The van der Waals surface area contributed by atoms with E-state index in [1.165, 1.54) is 0 Å². The lowest BCUT2D eigenvalue weighted by Gasteiger charge is -2.38. The van der Waals surface area contributed by atoms with Gasteiger partial charge in [0.15, 0.2) is 0 Å². The molecule has 2 aromatic carbocycles. The van der Waals surface area contributed by atoms with Gasteiger partial charge < -0.3 is 9.88 Å². The van der Waals surface area contributed by atoms with Gasteiger partial charge in [-0.3, -0.25) is 9.69 Å². The Bertz CT molecular complexity index is 1030. The van der Waals surface area contributed by atoms with Gasteiger partial charge >= 0.3 is 0 Å². The summed E-state index contributed by atoms with van der Waals surface area (Å²) in [5, 5.41) is 9.62. The van der Waals surface area contributed by atoms with E-state index in [1.54, 1.807) is 23.4 Å². The topological polar surface area (TPSA) is 76.0 Å². The molecule has 1 aliphatic rings. The molecule has 1 aromatic heterocycles. The van der Waals surface area contributed by atoms with Crippen molar-refractivity contribution < 1.29 is 4.79 Å². The highest BCUT2D eigenvalue weighted by atomic mass is 35.5. The molecule has 0 bridgehead atoms. The van der Waals surface area contributed by atoms with Gasteiger partial charge in [0.25, 0.3) is 0 Å². The summed E-state index contributed by atoms with van der Waals surface area (Å²) in [5.74, 6) is 0.869. The summed E-state index contributed by atoms with van der Waals surface area (Å²) >= 11 is 6.09. The van der Waals surface area contributed by atoms with Crippen molar-refractivity contribution in [3.05, 3.63) is 82.9 Å². The first-order chi connectivity index (χ1) is 14.1. The van der Waals surface area contributed by atoms with E-state index in [4.69, 9.17) is 16.9 Å². The zero-order valence-electron chi connectivity index (χ0n) is 16.6. The van der Waals surface area contributed by atoms with E-state index in [1.807, 2.05) is 42.5 Å². The fourth-order valence-electron chi connectivity index (χ4n) is 3.67. The van der Waals surface area contributed by atoms with Crippen LogP contribution < -0.4 is 4.90 Å². The molecule has 2 heterocycles. The van der Waals surface area contributed by atoms with Crippen LogP contribution in [-0.4, -0.2) is 40.4 Å². The second kappa shape index (κ2) is 11.2. The van der Waals surface area contributed by atoms with Crippen molar-refractivity contribution in [3.8, 4) is 6.07 Å². The van der Waals surface area contributed by atoms with Gasteiger partial charge in [-0.05, 0) is 42.3 Å². The number of nitriles is 1. The molecule has 1 N–H and O–H groups in total. The maximum absolute atomic E-state index is 12.9. The van der Waals surface area contributed by atoms with Crippen molar-refractivity contribution in [2.75, 3.05) is 24.5 Å². The first-order valence-corrected chi connectivity index (χ1v) is 9.80. The number of amides is 1. The Hall–Kier alpha value is -2.56. The highest BCUT2D eigenvalue weighted by Gasteiger charge is 2.31. The summed E-state index contributed by atoms with van der Waals surface area (Å²) < 4.78 is 0. The minimum atomic E-state index is -0.0524. The van der Waals surface area contributed by atoms with Crippen LogP contribution in [0.2, 0.25) is 5.02 Å². The zero-order valence-corrected chi connectivity index (χ0v) is 19.0. The molecule has 31 heavy (non-hydrogen) atoms. The van der Waals surface area contributed by atoms with E-state index in [9.17, 15) is 4.79 Å². The molecule has 4 rings (SSSR count). The van der Waals surface area contributed by atoms with E-state index < -0.39 is 0 Å². The van der Waals surface area contributed by atoms with E-state index in [-0.39, 0.29) is 36.8 Å². The number of halogens is 3. The Labute approximate surface area is 198 Å². The minimum Gasteiger partial charge on any atom is -0.347 e. The van der Waals surface area contributed by atoms with Crippen molar-refractivity contribution in [3.63, 3.8) is 0 Å². The lowest BCUT2D eigenvalue weighted by molar-refractivity contribution is -0.122. The van der Waals surface area contributed by atoms with Gasteiger partial charge in [-0.2, -0.15) is 5.26 Å². The van der Waals surface area contributed by atoms with Crippen LogP contribution in [0.5, 0.6) is 0 Å². The second-order valence-corrected chi connectivity index (χ2v) is 7.44. The molecule has 1 atom stereocenters. The summed E-state index contributed by atoms with van der Waals surface area (Å²) in [6.07, 6.45) is 4.22. The van der Waals surface area contributed by atoms with Crippen LogP contribution in [0.25, 0.3) is 0 Å². The van der Waals surface area contributed by atoms with Crippen LogP contribution in [0, 0.1) is 11.3 Å². The number of aromatic amines is 1. The van der Waals surface area contributed by atoms with Crippen molar-refractivity contribution >= 4 is 48.0 Å². The molecule has 9 heteroatoms. The number of carbonyl (C=O) groups is 1. The molecule has 0 spiro atoms. The fraction of sp³-hybridized carbons (Fsp3) is 0.227. The van der Waals surface area contributed by atoms with Crippen molar-refractivity contribution in [2.45, 2.75) is 12.5 Å². The molecule has 1 fully saturated rings. The average molecular weight is 479 g/mol. The predicted molar refractivity (Wildman–Crippen MR) is 126 cm³/mol. The van der Waals surface area contributed by atoms with Crippen LogP contribution in [0.4, 0.5) is 5.69 Å². The summed E-state index contributed by atoms with van der Waals surface area (Å²) in [6.45, 7) is 1.61. The van der Waals surface area contributed by atoms with E-state index in [2.05, 4.69) is 20.9 Å². The third kappa shape index (κ3) is 5.78. The molecule has 1 saturated heterocycles. The monoisotopic (exact) mass is 477 g/mol. The SMILES string of the molecule is Cl.Cl.N#Cc1ccc(CC(c2ncc[nH]2)N2CCN(c3cccc(Cl)c3)C(=O)C2)cc1. The largest absolute Gasteiger partial charge is 0.347 e. The second-order valence-electron chi connectivity index (χ2n) is 7.00. The van der Waals surface area contributed by atoms with Crippen LogP contribution in [-0.2, 0) is 11.2 Å². The van der Waals surface area contributed by atoms with Crippen LogP contribution in [0.15, 0.2) is 60.9 Å². The van der Waals surface area contributed by atoms with Crippen molar-refractivity contribution in [2.24, 2.45) is 0 Å². The molecule has 162 valence electrons. The van der Waals surface area contributed by atoms with Gasteiger partial charge in [-0.25, -0.2) is 4.98 Å². The fourth-order valence-corrected chi connectivity index (χ4v) is 3.86. The minimum absolute atomic E-state index is 0. The van der Waals surface area contributed by atoms with E-state index in [0.29, 0.717) is 30.1 Å². The standard InChI is InChI=1S/C22H20ClN5O.2ClH/c23-18-2-1-3-19(13-18)28-11-10-27(15-21(28)29)20(22-25-8-9-26-22)12-16-4-6-17(14-24)7-5-16;;/h1-9,13,20H,10-12,15H2,(H,25,26);2*1H. The van der Waals surface area contributed by atoms with Crippen LogP contribution >= 0.6 is 36.4 Å². The number of hydrogen-bond acceptors (Lipinski definition) is 4. The number of piperazine rings is 1. The zero-order chi connectivity index (χ0) is 20.2. The summed E-state index contributed by atoms with van der Waals surface area (Å²) in [5.41, 5.74) is 2.55. The van der Waals surface area contributed by atoms with Gasteiger partial charge in [0, 0.05) is 36.2 Å². The summed E-state index contributed by atoms with van der Waals surface area (Å²) in [7, 11) is 0. The maximum Gasteiger partial charge on any atom is 0.241 e. The number of anilines is 1. The number of imidazole rings is 1. The van der Waals surface area contributed by atoms with Gasteiger partial charge in [-0.15, -0.1) is 24.8 Å². The smallest absolute Gasteiger partial charge is 0.241 e. The molecule has 6 nitrogen and oxygen atoms in total. The number of carbonyl (C=O) groups excluding carboxylic acids is 1. The van der Waals surface area contributed by atoms with Crippen molar-refractivity contribution in [1.82, 2.24) is 14.9 Å². The molecular formula is C22H22Cl3N5O. The highest BCUT2D eigenvalue weighted by molar-refractivity contribution is 6.30. The predicted octanol–water partition coefficient (Wildman–Crippen LogP) is 4.41. The average Bonchev–Trinajstić information content (AvgIpc) is 3.27. The number of aromatic nitrogens is 2. The number of H-pyrrole nitrogens is 1. The first-order valence-electron chi connectivity index (χ1n) is 9.42. The number of rotatable bonds is 5. The van der Waals surface area contributed by atoms with Crippen LogP contribution in [0.3, 0.4) is 0 Å². The molecule has 1 aliphatic heterocycles. The quantitative estimate of drug-likeness (QED) is 0.589. The molecule has 1 unspecified atom stereocenters. The number of hydrogen-bond donors (Lipinski definition) is 1. The van der Waals surface area contributed by atoms with E-state index in [0.717, 1.165) is 23.6 Å². The Morgan fingerprint density at radius 1 is 1.16 bits per heavy atom. The molecular weight excluding hydrogens is 457 g/mol. The number of nitrogens with zero attached hydrogens (tertiary/aromatic N) is 4. The Kier molecular flexibility index (Phi) is 8.90. The molecule has 0 saturated carbocycles. The number of nitrogens with one attached hydrogen (secondary N) is 1. The lowest BCUT2D eigenvalue weighted by atomic mass is 10.0. The number of benzene rings is 2. The third-order valence-corrected chi connectivity index (χ3v) is 5.39. The van der Waals surface area contributed by atoms with Gasteiger partial charge in [0.1, 0.15) is 5.82 Å². The third-order valence-electron chi connectivity index (χ3n) is 5.16. The Morgan fingerprint density at radius 3 is 2.55 bits per heavy atom. The first kappa shape index (κ1) is 24.7. The van der Waals surface area contributed by atoms with Gasteiger partial charge in [-0.1, -0.05) is 29.8 Å². The highest BCUT2D eigenvalue weighted by Crippen LogP contribution is 2.27. The Balaban J connectivity index is 0.00000171. The normalized spacial score (nSPS) is 14.8. The molecule has 0 radical (unpaired) electrons. The van der Waals surface area contributed by atoms with Gasteiger partial charge in [0.2, 0.25) is 5.91 Å². The molecule has 0 aliphatic carbocycles. The Morgan fingerprint density at radius 2 is 1.94 bits per heavy atom. The molecule has 3 aromatic rings. The maximum atomic E-state index is 12.9. The molecule has 1 amide bonds. The lowest BCUT2D eigenvalue weighted by Crippen LogP contribution is -2.52. The summed E-state index contributed by atoms with van der Waals surface area (Å²) in [4.78, 5) is 24.5. The van der Waals surface area contributed by atoms with E-state index >= 15 is 0 Å². The van der Waals surface area contributed by atoms with Gasteiger partial charge in [0.05, 0.1) is 24.2 Å². The summed E-state index contributed by atoms with van der Waals surface area (Å²) in [6, 6.07) is 17.0.